The maximum atomic E-state index is 13.0. The maximum Gasteiger partial charge on any atom is 0.244 e. The zero-order valence-electron chi connectivity index (χ0n) is 15.0. The van der Waals surface area contributed by atoms with Crippen LogP contribution >= 0.6 is 0 Å². The fourth-order valence-corrected chi connectivity index (χ4v) is 3.41. The zero-order valence-corrected chi connectivity index (χ0v) is 15.0. The summed E-state index contributed by atoms with van der Waals surface area (Å²) in [5, 5.41) is 0. The Morgan fingerprint density at radius 2 is 1.96 bits per heavy atom. The second-order valence-corrected chi connectivity index (χ2v) is 6.89. The van der Waals surface area contributed by atoms with Crippen molar-refractivity contribution < 1.29 is 4.79 Å². The lowest BCUT2D eigenvalue weighted by molar-refractivity contribution is -0.122. The van der Waals surface area contributed by atoms with E-state index < -0.39 is 0 Å². The van der Waals surface area contributed by atoms with Crippen LogP contribution in [0.3, 0.4) is 0 Å². The van der Waals surface area contributed by atoms with Gasteiger partial charge in [0.1, 0.15) is 0 Å². The first-order chi connectivity index (χ1) is 11.5. The number of likely N-dealkylation sites (N-methyl/N-ethyl adjacent to an activating group) is 1. The molecule has 1 atom stereocenters. The van der Waals surface area contributed by atoms with Crippen LogP contribution in [0.15, 0.2) is 42.5 Å². The summed E-state index contributed by atoms with van der Waals surface area (Å²) in [6, 6.07) is 14.6. The number of carbonyl (C=O) groups is 1. The highest BCUT2D eigenvalue weighted by Crippen LogP contribution is 2.28. The summed E-state index contributed by atoms with van der Waals surface area (Å²) >= 11 is 0. The van der Waals surface area contributed by atoms with Crippen molar-refractivity contribution in [2.45, 2.75) is 39.8 Å². The molecular formula is C21H26N2O. The summed E-state index contributed by atoms with van der Waals surface area (Å²) in [5.74, 6) is 0.187. The van der Waals surface area contributed by atoms with E-state index in [1.807, 2.05) is 31.0 Å². The van der Waals surface area contributed by atoms with Crippen molar-refractivity contribution in [1.29, 1.82) is 0 Å². The fourth-order valence-electron chi connectivity index (χ4n) is 3.41. The summed E-state index contributed by atoms with van der Waals surface area (Å²) in [6.45, 7) is 7.83. The van der Waals surface area contributed by atoms with E-state index in [0.29, 0.717) is 0 Å². The van der Waals surface area contributed by atoms with Crippen LogP contribution in [0.25, 0.3) is 0 Å². The van der Waals surface area contributed by atoms with Crippen LogP contribution in [0.4, 0.5) is 5.69 Å². The SMILES string of the molecule is Cc1ccc(CN(C)[C@H](C)C(=O)N2CCc3ccccc32)c(C)c1. The van der Waals surface area contributed by atoms with Crippen molar-refractivity contribution in [3.05, 3.63) is 64.7 Å². The van der Waals surface area contributed by atoms with Crippen LogP contribution in [0.2, 0.25) is 0 Å². The van der Waals surface area contributed by atoms with Crippen molar-refractivity contribution in [2.75, 3.05) is 18.5 Å². The minimum Gasteiger partial charge on any atom is -0.310 e. The Morgan fingerprint density at radius 1 is 1.21 bits per heavy atom. The van der Waals surface area contributed by atoms with E-state index in [4.69, 9.17) is 0 Å². The van der Waals surface area contributed by atoms with Crippen molar-refractivity contribution in [3.8, 4) is 0 Å². The molecule has 2 aromatic carbocycles. The van der Waals surface area contributed by atoms with Gasteiger partial charge in [-0.1, -0.05) is 42.0 Å². The van der Waals surface area contributed by atoms with E-state index in [-0.39, 0.29) is 11.9 Å². The molecule has 1 heterocycles. The number of hydrogen-bond acceptors (Lipinski definition) is 2. The van der Waals surface area contributed by atoms with Gasteiger partial charge in [0.25, 0.3) is 0 Å². The Kier molecular flexibility index (Phi) is 4.72. The smallest absolute Gasteiger partial charge is 0.244 e. The average Bonchev–Trinajstić information content (AvgIpc) is 3.00. The van der Waals surface area contributed by atoms with Crippen molar-refractivity contribution in [1.82, 2.24) is 4.90 Å². The fraction of sp³-hybridized carbons (Fsp3) is 0.381. The number of hydrogen-bond donors (Lipinski definition) is 0. The lowest BCUT2D eigenvalue weighted by atomic mass is 10.0. The van der Waals surface area contributed by atoms with Crippen molar-refractivity contribution >= 4 is 11.6 Å². The highest BCUT2D eigenvalue weighted by molar-refractivity contribution is 5.98. The normalized spacial score (nSPS) is 14.8. The highest BCUT2D eigenvalue weighted by Gasteiger charge is 2.29. The lowest BCUT2D eigenvalue weighted by Gasteiger charge is -2.29. The molecule has 3 heteroatoms. The number of fused-ring (bicyclic) bond motifs is 1. The Balaban J connectivity index is 1.72. The molecule has 3 nitrogen and oxygen atoms in total. The van der Waals surface area contributed by atoms with Crippen LogP contribution in [0.5, 0.6) is 0 Å². The summed E-state index contributed by atoms with van der Waals surface area (Å²) < 4.78 is 0. The Morgan fingerprint density at radius 3 is 2.71 bits per heavy atom. The molecule has 126 valence electrons. The summed E-state index contributed by atoms with van der Waals surface area (Å²) in [5.41, 5.74) is 6.19. The van der Waals surface area contributed by atoms with Crippen LogP contribution in [0, 0.1) is 13.8 Å². The Labute approximate surface area is 144 Å². The quantitative estimate of drug-likeness (QED) is 0.856. The first-order valence-electron chi connectivity index (χ1n) is 8.63. The molecule has 0 saturated carbocycles. The van der Waals surface area contributed by atoms with E-state index >= 15 is 0 Å². The first-order valence-corrected chi connectivity index (χ1v) is 8.63. The predicted molar refractivity (Wildman–Crippen MR) is 99.3 cm³/mol. The van der Waals surface area contributed by atoms with Gasteiger partial charge in [-0.05, 0) is 57.0 Å². The molecular weight excluding hydrogens is 296 g/mol. The molecule has 0 aliphatic carbocycles. The van der Waals surface area contributed by atoms with Gasteiger partial charge >= 0.3 is 0 Å². The predicted octanol–water partition coefficient (Wildman–Crippen LogP) is 3.71. The summed E-state index contributed by atoms with van der Waals surface area (Å²) in [4.78, 5) is 17.0. The van der Waals surface area contributed by atoms with Crippen LogP contribution in [0.1, 0.15) is 29.2 Å². The third-order valence-electron chi connectivity index (χ3n) is 5.09. The minimum atomic E-state index is -0.142. The van der Waals surface area contributed by atoms with Gasteiger partial charge in [-0.15, -0.1) is 0 Å². The van der Waals surface area contributed by atoms with Gasteiger partial charge in [-0.2, -0.15) is 0 Å². The van der Waals surface area contributed by atoms with E-state index in [1.54, 1.807) is 0 Å². The molecule has 2 aromatic rings. The van der Waals surface area contributed by atoms with E-state index in [2.05, 4.69) is 49.1 Å². The molecule has 0 spiro atoms. The topological polar surface area (TPSA) is 23.6 Å². The number of rotatable bonds is 4. The molecule has 0 radical (unpaired) electrons. The minimum absolute atomic E-state index is 0.142. The molecule has 0 fully saturated rings. The van der Waals surface area contributed by atoms with Gasteiger partial charge in [-0.25, -0.2) is 0 Å². The Hall–Kier alpha value is -2.13. The molecule has 0 N–H and O–H groups in total. The number of anilines is 1. The molecule has 0 unspecified atom stereocenters. The van der Waals surface area contributed by atoms with Crippen molar-refractivity contribution in [3.63, 3.8) is 0 Å². The van der Waals surface area contributed by atoms with E-state index in [0.717, 1.165) is 25.2 Å². The number of para-hydroxylation sites is 1. The van der Waals surface area contributed by atoms with E-state index in [1.165, 1.54) is 22.3 Å². The second kappa shape index (κ2) is 6.78. The van der Waals surface area contributed by atoms with Gasteiger partial charge in [0, 0.05) is 18.8 Å². The first kappa shape index (κ1) is 16.7. The number of nitrogens with zero attached hydrogens (tertiary/aromatic N) is 2. The van der Waals surface area contributed by atoms with Crippen LogP contribution in [-0.2, 0) is 17.8 Å². The zero-order chi connectivity index (χ0) is 17.3. The second-order valence-electron chi connectivity index (χ2n) is 6.89. The molecule has 0 saturated heterocycles. The molecule has 0 bridgehead atoms. The number of benzene rings is 2. The molecule has 1 amide bonds. The van der Waals surface area contributed by atoms with Crippen molar-refractivity contribution in [2.24, 2.45) is 0 Å². The third kappa shape index (κ3) is 3.22. The van der Waals surface area contributed by atoms with Crippen LogP contribution in [-0.4, -0.2) is 30.4 Å². The van der Waals surface area contributed by atoms with Gasteiger partial charge in [0.05, 0.1) is 6.04 Å². The van der Waals surface area contributed by atoms with Gasteiger partial charge in [0.15, 0.2) is 0 Å². The lowest BCUT2D eigenvalue weighted by Crippen LogP contribution is -2.45. The summed E-state index contributed by atoms with van der Waals surface area (Å²) in [7, 11) is 2.03. The molecule has 3 rings (SSSR count). The number of carbonyl (C=O) groups excluding carboxylic acids is 1. The number of amides is 1. The Bertz CT molecular complexity index is 753. The summed E-state index contributed by atoms with van der Waals surface area (Å²) in [6.07, 6.45) is 0.954. The monoisotopic (exact) mass is 322 g/mol. The molecule has 1 aliphatic rings. The average molecular weight is 322 g/mol. The van der Waals surface area contributed by atoms with Gasteiger partial charge in [0.2, 0.25) is 5.91 Å². The van der Waals surface area contributed by atoms with E-state index in [9.17, 15) is 4.79 Å². The largest absolute Gasteiger partial charge is 0.310 e. The molecule has 1 aliphatic heterocycles. The molecule has 24 heavy (non-hydrogen) atoms. The number of aryl methyl sites for hydroxylation is 2. The third-order valence-corrected chi connectivity index (χ3v) is 5.09. The maximum absolute atomic E-state index is 13.0. The molecule has 0 aromatic heterocycles. The standard InChI is InChI=1S/C21H26N2O/c1-15-9-10-19(16(2)13-15)14-22(4)17(3)21(24)23-12-11-18-7-5-6-8-20(18)23/h5-10,13,17H,11-12,14H2,1-4H3/t17-/m1/s1. The highest BCUT2D eigenvalue weighted by atomic mass is 16.2. The van der Waals surface area contributed by atoms with Crippen LogP contribution < -0.4 is 4.90 Å². The van der Waals surface area contributed by atoms with Gasteiger partial charge < -0.3 is 4.90 Å². The van der Waals surface area contributed by atoms with Gasteiger partial charge in [-0.3, -0.25) is 9.69 Å².